The van der Waals surface area contributed by atoms with Gasteiger partial charge in [0, 0.05) is 54.6 Å². The summed E-state index contributed by atoms with van der Waals surface area (Å²) in [7, 11) is 0. The van der Waals surface area contributed by atoms with Crippen LogP contribution >= 0.6 is 31.9 Å². The van der Waals surface area contributed by atoms with Gasteiger partial charge in [0.05, 0.1) is 16.4 Å². The number of hydrogen-bond donors (Lipinski definition) is 0. The Balaban J connectivity index is 1.23. The Morgan fingerprint density at radius 3 is 1.22 bits per heavy atom. The van der Waals surface area contributed by atoms with Crippen LogP contribution in [0, 0.1) is 0 Å². The van der Waals surface area contributed by atoms with E-state index in [1.165, 1.54) is 99.2 Å². The van der Waals surface area contributed by atoms with Crippen molar-refractivity contribution in [1.82, 2.24) is 9.13 Å². The van der Waals surface area contributed by atoms with Crippen molar-refractivity contribution in [1.29, 1.82) is 0 Å². The molecule has 2 nitrogen and oxygen atoms in total. The van der Waals surface area contributed by atoms with Crippen LogP contribution in [0.25, 0.3) is 65.9 Å². The minimum Gasteiger partial charge on any atom is -0.336 e. The minimum atomic E-state index is -0.461. The van der Waals surface area contributed by atoms with Crippen LogP contribution in [0.2, 0.25) is 0 Å². The maximum atomic E-state index is 3.87. The van der Waals surface area contributed by atoms with Crippen molar-refractivity contribution in [3.63, 3.8) is 0 Å². The Labute approximate surface area is 335 Å². The largest absolute Gasteiger partial charge is 0.336 e. The van der Waals surface area contributed by atoms with Gasteiger partial charge in [-0.3, -0.25) is 0 Å². The zero-order valence-electron chi connectivity index (χ0n) is 29.7. The van der Waals surface area contributed by atoms with Gasteiger partial charge >= 0.3 is 0 Å². The van der Waals surface area contributed by atoms with Crippen molar-refractivity contribution in [2.75, 3.05) is 0 Å². The number of nitrogens with zero attached hydrogens (tertiary/aromatic N) is 2. The van der Waals surface area contributed by atoms with E-state index in [1.54, 1.807) is 0 Å². The molecular weight excluding hydrogens is 800 g/mol. The second-order valence-corrected chi connectivity index (χ2v) is 16.8. The molecule has 2 aliphatic carbocycles. The molecule has 0 radical (unpaired) electrons. The standard InChI is InChI=1S/C51H32Br2N2/c52-45-21-9-1-13-31(45)29-54-47-23-11-5-17-35(47)39-25-43-37(27-49(39)54)38-28-50-40(36-18-6-12-24-48(36)55(50)30-32-14-2-10-22-46(32)53)26-44(38)51(43)41-19-7-3-15-33(41)34-16-4-8-20-42(34)51/h1-28H,29-30H2. The third kappa shape index (κ3) is 4.24. The van der Waals surface area contributed by atoms with Crippen LogP contribution in [0.1, 0.15) is 33.4 Å². The van der Waals surface area contributed by atoms with Crippen molar-refractivity contribution in [2.24, 2.45) is 0 Å². The second-order valence-electron chi connectivity index (χ2n) is 15.1. The fourth-order valence-electron chi connectivity index (χ4n) is 10.1. The number of benzene rings is 8. The minimum absolute atomic E-state index is 0.461. The molecule has 0 bridgehead atoms. The van der Waals surface area contributed by atoms with E-state index in [0.717, 1.165) is 22.0 Å². The number of hydrogen-bond acceptors (Lipinski definition) is 0. The lowest BCUT2D eigenvalue weighted by atomic mass is 9.70. The summed E-state index contributed by atoms with van der Waals surface area (Å²) < 4.78 is 7.31. The number of rotatable bonds is 4. The summed E-state index contributed by atoms with van der Waals surface area (Å²) >= 11 is 7.73. The van der Waals surface area contributed by atoms with Crippen LogP contribution in [0.3, 0.4) is 0 Å². The number of aromatic nitrogens is 2. The molecule has 0 amide bonds. The third-order valence-electron chi connectivity index (χ3n) is 12.4. The van der Waals surface area contributed by atoms with E-state index >= 15 is 0 Å². The third-order valence-corrected chi connectivity index (χ3v) is 14.0. The summed E-state index contributed by atoms with van der Waals surface area (Å²) in [6.45, 7) is 1.54. The zero-order valence-corrected chi connectivity index (χ0v) is 32.9. The van der Waals surface area contributed by atoms with E-state index in [1.807, 2.05) is 0 Å². The molecule has 0 saturated carbocycles. The van der Waals surface area contributed by atoms with Gasteiger partial charge in [0.25, 0.3) is 0 Å². The molecule has 0 aliphatic heterocycles. The average molecular weight is 833 g/mol. The Bertz CT molecular complexity index is 3040. The summed E-state index contributed by atoms with van der Waals surface area (Å²) in [6.07, 6.45) is 0. The molecule has 0 unspecified atom stereocenters. The van der Waals surface area contributed by atoms with Gasteiger partial charge in [-0.1, -0.05) is 153 Å². The fourth-order valence-corrected chi connectivity index (χ4v) is 11.0. The molecule has 55 heavy (non-hydrogen) atoms. The average Bonchev–Trinajstić information content (AvgIpc) is 3.90. The summed E-state index contributed by atoms with van der Waals surface area (Å²) in [6, 6.07) is 63.5. The highest BCUT2D eigenvalue weighted by molar-refractivity contribution is 9.10. The number of halogens is 2. The van der Waals surface area contributed by atoms with Gasteiger partial charge in [-0.05, 0) is 104 Å². The van der Waals surface area contributed by atoms with Crippen molar-refractivity contribution in [2.45, 2.75) is 18.5 Å². The Hall–Kier alpha value is -5.68. The summed E-state index contributed by atoms with van der Waals surface area (Å²) in [5, 5.41) is 5.16. The van der Waals surface area contributed by atoms with Gasteiger partial charge in [0.1, 0.15) is 0 Å². The first-order chi connectivity index (χ1) is 27.1. The summed E-state index contributed by atoms with van der Waals surface area (Å²) in [4.78, 5) is 0. The number of fused-ring (bicyclic) bond motifs is 16. The van der Waals surface area contributed by atoms with Crippen LogP contribution in [0.15, 0.2) is 179 Å². The molecule has 0 saturated heterocycles. The smallest absolute Gasteiger partial charge is 0.0726 e. The molecule has 1 spiro atoms. The fraction of sp³-hybridized carbons (Fsp3) is 0.0588. The lowest BCUT2D eigenvalue weighted by molar-refractivity contribution is 0.795. The van der Waals surface area contributed by atoms with E-state index < -0.39 is 5.41 Å². The molecule has 8 aromatic carbocycles. The van der Waals surface area contributed by atoms with E-state index in [2.05, 4.69) is 211 Å². The lowest BCUT2D eigenvalue weighted by Gasteiger charge is -2.30. The quantitative estimate of drug-likeness (QED) is 0.167. The Morgan fingerprint density at radius 1 is 0.345 bits per heavy atom. The highest BCUT2D eigenvalue weighted by atomic mass is 79.9. The van der Waals surface area contributed by atoms with Crippen LogP contribution < -0.4 is 0 Å². The van der Waals surface area contributed by atoms with Gasteiger partial charge in [0.2, 0.25) is 0 Å². The SMILES string of the molecule is Brc1ccccc1Cn1c2ccccc2c2cc3c(cc21)-c1cc2c(cc1C31c3ccccc3-c3ccccc31)c1ccccc1n2Cc1ccccc1Br. The molecule has 260 valence electrons. The second kappa shape index (κ2) is 11.7. The normalized spacial score (nSPS) is 13.6. The highest BCUT2D eigenvalue weighted by Crippen LogP contribution is 2.64. The first-order valence-electron chi connectivity index (χ1n) is 18.9. The molecule has 2 aliphatic rings. The van der Waals surface area contributed by atoms with Crippen molar-refractivity contribution in [3.8, 4) is 22.3 Å². The van der Waals surface area contributed by atoms with E-state index in [-0.39, 0.29) is 0 Å². The number of para-hydroxylation sites is 2. The molecular formula is C51H32Br2N2. The topological polar surface area (TPSA) is 9.86 Å². The lowest BCUT2D eigenvalue weighted by Crippen LogP contribution is -2.25. The maximum absolute atomic E-state index is 3.87. The molecule has 0 N–H and O–H groups in total. The Kier molecular flexibility index (Phi) is 6.71. The molecule has 0 atom stereocenters. The molecule has 2 heterocycles. The highest BCUT2D eigenvalue weighted by Gasteiger charge is 2.52. The monoisotopic (exact) mass is 830 g/mol. The first kappa shape index (κ1) is 31.6. The molecule has 2 aromatic heterocycles. The predicted octanol–water partition coefficient (Wildman–Crippen LogP) is 13.9. The van der Waals surface area contributed by atoms with E-state index in [4.69, 9.17) is 0 Å². The van der Waals surface area contributed by atoms with Crippen molar-refractivity contribution >= 4 is 75.5 Å². The summed E-state index contributed by atoms with van der Waals surface area (Å²) in [5.41, 5.74) is 17.8. The van der Waals surface area contributed by atoms with Gasteiger partial charge in [-0.2, -0.15) is 0 Å². The molecule has 4 heteroatoms. The summed E-state index contributed by atoms with van der Waals surface area (Å²) in [5.74, 6) is 0. The van der Waals surface area contributed by atoms with Crippen LogP contribution in [0.4, 0.5) is 0 Å². The van der Waals surface area contributed by atoms with Crippen LogP contribution in [0.5, 0.6) is 0 Å². The van der Waals surface area contributed by atoms with Crippen LogP contribution in [-0.4, -0.2) is 9.13 Å². The molecule has 12 rings (SSSR count). The maximum Gasteiger partial charge on any atom is 0.0726 e. The van der Waals surface area contributed by atoms with Crippen LogP contribution in [-0.2, 0) is 18.5 Å². The molecule has 0 fully saturated rings. The first-order valence-corrected chi connectivity index (χ1v) is 20.5. The van der Waals surface area contributed by atoms with E-state index in [9.17, 15) is 0 Å². The predicted molar refractivity (Wildman–Crippen MR) is 235 cm³/mol. The van der Waals surface area contributed by atoms with Crippen molar-refractivity contribution in [3.05, 3.63) is 212 Å². The van der Waals surface area contributed by atoms with Gasteiger partial charge < -0.3 is 9.13 Å². The molecule has 10 aromatic rings. The van der Waals surface area contributed by atoms with Gasteiger partial charge in [-0.25, -0.2) is 0 Å². The van der Waals surface area contributed by atoms with Gasteiger partial charge in [0.15, 0.2) is 0 Å². The van der Waals surface area contributed by atoms with E-state index in [0.29, 0.717) is 0 Å². The van der Waals surface area contributed by atoms with Crippen molar-refractivity contribution < 1.29 is 0 Å². The van der Waals surface area contributed by atoms with Gasteiger partial charge in [-0.15, -0.1) is 0 Å². The Morgan fingerprint density at radius 2 is 0.745 bits per heavy atom. The zero-order chi connectivity index (χ0) is 36.4.